The predicted molar refractivity (Wildman–Crippen MR) is 50.1 cm³/mol. The zero-order chi connectivity index (χ0) is 9.44. The molecule has 0 aromatic heterocycles. The van der Waals surface area contributed by atoms with Crippen molar-refractivity contribution >= 4 is 5.96 Å². The van der Waals surface area contributed by atoms with E-state index in [4.69, 9.17) is 5.41 Å². The summed E-state index contributed by atoms with van der Waals surface area (Å²) < 4.78 is 0. The van der Waals surface area contributed by atoms with E-state index in [1.807, 2.05) is 42.3 Å². The molecule has 0 aromatic rings. The molecule has 0 unspecified atom stereocenters. The molecule has 68 valence electrons. The van der Waals surface area contributed by atoms with Crippen molar-refractivity contribution in [1.29, 1.82) is 5.41 Å². The number of nitrogens with one attached hydrogen (secondary N) is 2. The molecule has 0 rings (SSSR count). The Bertz CT molecular complexity index is 88.6. The van der Waals surface area contributed by atoms with Gasteiger partial charge in [-0.2, -0.15) is 0 Å². The summed E-state index contributed by atoms with van der Waals surface area (Å²) >= 11 is 0. The second kappa shape index (κ2) is 7.34. The standard InChI is InChI=1S/C5H13N3.C2H7N/c1-7(2)5(6)8(3)4;1-3-2/h6H,1-4H3;3H,1-2H3. The van der Waals surface area contributed by atoms with Gasteiger partial charge >= 0.3 is 0 Å². The maximum Gasteiger partial charge on any atom is 0.192 e. The molecule has 2 N–H and O–H groups in total. The van der Waals surface area contributed by atoms with Crippen molar-refractivity contribution in [2.45, 2.75) is 0 Å². The molecule has 0 amide bonds. The van der Waals surface area contributed by atoms with Gasteiger partial charge in [0.1, 0.15) is 0 Å². The Hall–Kier alpha value is -0.770. The van der Waals surface area contributed by atoms with Crippen molar-refractivity contribution in [3.63, 3.8) is 0 Å². The maximum absolute atomic E-state index is 7.25. The minimum absolute atomic E-state index is 0.519. The Morgan fingerprint density at radius 2 is 1.18 bits per heavy atom. The summed E-state index contributed by atoms with van der Waals surface area (Å²) in [5.74, 6) is 0.519. The lowest BCUT2D eigenvalue weighted by Gasteiger charge is -2.19. The summed E-state index contributed by atoms with van der Waals surface area (Å²) in [6.45, 7) is 0. The first kappa shape index (κ1) is 12.9. The van der Waals surface area contributed by atoms with Crippen LogP contribution in [0.15, 0.2) is 0 Å². The molecule has 0 spiro atoms. The van der Waals surface area contributed by atoms with E-state index in [1.165, 1.54) is 0 Å². The van der Waals surface area contributed by atoms with Crippen molar-refractivity contribution in [3.8, 4) is 0 Å². The highest BCUT2D eigenvalue weighted by atomic mass is 15.3. The zero-order valence-electron chi connectivity index (χ0n) is 8.39. The van der Waals surface area contributed by atoms with Crippen LogP contribution in [-0.2, 0) is 0 Å². The SMILES string of the molecule is CN(C)C(=N)N(C)C.CNC. The van der Waals surface area contributed by atoms with E-state index in [0.29, 0.717) is 5.96 Å². The van der Waals surface area contributed by atoms with E-state index in [-0.39, 0.29) is 0 Å². The van der Waals surface area contributed by atoms with Crippen LogP contribution in [0.1, 0.15) is 0 Å². The van der Waals surface area contributed by atoms with Crippen LogP contribution >= 0.6 is 0 Å². The molecule has 0 aliphatic carbocycles. The third kappa shape index (κ3) is 9.23. The minimum Gasteiger partial charge on any atom is -0.349 e. The third-order valence-electron chi connectivity index (χ3n) is 0.847. The Labute approximate surface area is 69.7 Å². The Balaban J connectivity index is 0. The van der Waals surface area contributed by atoms with Gasteiger partial charge < -0.3 is 15.1 Å². The molecule has 0 radical (unpaired) electrons. The quantitative estimate of drug-likeness (QED) is 0.383. The van der Waals surface area contributed by atoms with Crippen LogP contribution in [0.25, 0.3) is 0 Å². The molecule has 0 atom stereocenters. The molecule has 0 aliphatic rings. The summed E-state index contributed by atoms with van der Waals surface area (Å²) in [6, 6.07) is 0. The monoisotopic (exact) mass is 160 g/mol. The first-order valence-corrected chi connectivity index (χ1v) is 3.49. The Morgan fingerprint density at radius 3 is 1.18 bits per heavy atom. The zero-order valence-corrected chi connectivity index (χ0v) is 8.39. The van der Waals surface area contributed by atoms with Gasteiger partial charge in [0.05, 0.1) is 0 Å². The first-order chi connectivity index (χ1) is 4.97. The largest absolute Gasteiger partial charge is 0.349 e. The normalized spacial score (nSPS) is 7.82. The smallest absolute Gasteiger partial charge is 0.192 e. The first-order valence-electron chi connectivity index (χ1n) is 3.49. The van der Waals surface area contributed by atoms with Crippen LogP contribution in [0.5, 0.6) is 0 Å². The Kier molecular flexibility index (Phi) is 8.58. The summed E-state index contributed by atoms with van der Waals surface area (Å²) in [4.78, 5) is 3.50. The summed E-state index contributed by atoms with van der Waals surface area (Å²) in [5.41, 5.74) is 0. The third-order valence-corrected chi connectivity index (χ3v) is 0.847. The maximum atomic E-state index is 7.25. The van der Waals surface area contributed by atoms with Crippen molar-refractivity contribution in [1.82, 2.24) is 15.1 Å². The average molecular weight is 160 g/mol. The number of hydrogen-bond acceptors (Lipinski definition) is 2. The van der Waals surface area contributed by atoms with E-state index in [0.717, 1.165) is 0 Å². The van der Waals surface area contributed by atoms with Gasteiger partial charge in [0.25, 0.3) is 0 Å². The van der Waals surface area contributed by atoms with Crippen molar-refractivity contribution in [2.75, 3.05) is 42.3 Å². The van der Waals surface area contributed by atoms with Crippen LogP contribution < -0.4 is 5.32 Å². The fourth-order valence-electron chi connectivity index (χ4n) is 0.400. The lowest BCUT2D eigenvalue weighted by molar-refractivity contribution is 0.478. The lowest BCUT2D eigenvalue weighted by atomic mass is 10.7. The van der Waals surface area contributed by atoms with E-state index in [9.17, 15) is 0 Å². The molecule has 0 aromatic carbocycles. The molecule has 0 aliphatic heterocycles. The highest BCUT2D eigenvalue weighted by Crippen LogP contribution is 1.80. The van der Waals surface area contributed by atoms with Crippen LogP contribution in [0.3, 0.4) is 0 Å². The van der Waals surface area contributed by atoms with Gasteiger partial charge in [-0.3, -0.25) is 5.41 Å². The van der Waals surface area contributed by atoms with Gasteiger partial charge in [-0.25, -0.2) is 0 Å². The van der Waals surface area contributed by atoms with Crippen molar-refractivity contribution < 1.29 is 0 Å². The fourth-order valence-corrected chi connectivity index (χ4v) is 0.400. The molecule has 4 heteroatoms. The topological polar surface area (TPSA) is 42.4 Å². The molecule has 11 heavy (non-hydrogen) atoms. The van der Waals surface area contributed by atoms with E-state index in [1.54, 1.807) is 9.80 Å². The molecular weight excluding hydrogens is 140 g/mol. The van der Waals surface area contributed by atoms with Crippen molar-refractivity contribution in [2.24, 2.45) is 0 Å². The van der Waals surface area contributed by atoms with Crippen LogP contribution in [-0.4, -0.2) is 58.0 Å². The highest BCUT2D eigenvalue weighted by Gasteiger charge is 1.97. The van der Waals surface area contributed by atoms with Crippen LogP contribution in [0, 0.1) is 5.41 Å². The number of nitrogens with zero attached hydrogens (tertiary/aromatic N) is 2. The summed E-state index contributed by atoms with van der Waals surface area (Å²) in [6.07, 6.45) is 0. The van der Waals surface area contributed by atoms with E-state index < -0.39 is 0 Å². The molecule has 0 bridgehead atoms. The van der Waals surface area contributed by atoms with Crippen molar-refractivity contribution in [3.05, 3.63) is 0 Å². The van der Waals surface area contributed by atoms with Crippen LogP contribution in [0.4, 0.5) is 0 Å². The lowest BCUT2D eigenvalue weighted by Crippen LogP contribution is -2.34. The second-order valence-corrected chi connectivity index (χ2v) is 2.61. The number of rotatable bonds is 0. The fraction of sp³-hybridized carbons (Fsp3) is 0.857. The average Bonchev–Trinajstić information content (AvgIpc) is 1.87. The second-order valence-electron chi connectivity index (χ2n) is 2.61. The van der Waals surface area contributed by atoms with Gasteiger partial charge in [-0.05, 0) is 14.1 Å². The highest BCUT2D eigenvalue weighted by molar-refractivity contribution is 5.75. The molecule has 0 heterocycles. The predicted octanol–water partition coefficient (Wildman–Crippen LogP) is -0.120. The van der Waals surface area contributed by atoms with Gasteiger partial charge in [0, 0.05) is 28.2 Å². The molecule has 0 fully saturated rings. The van der Waals surface area contributed by atoms with Gasteiger partial charge in [0.2, 0.25) is 0 Å². The molecule has 0 saturated heterocycles. The van der Waals surface area contributed by atoms with E-state index >= 15 is 0 Å². The Morgan fingerprint density at radius 1 is 1.00 bits per heavy atom. The van der Waals surface area contributed by atoms with Crippen LogP contribution in [0.2, 0.25) is 0 Å². The van der Waals surface area contributed by atoms with Gasteiger partial charge in [0.15, 0.2) is 5.96 Å². The number of hydrogen-bond donors (Lipinski definition) is 2. The van der Waals surface area contributed by atoms with Gasteiger partial charge in [-0.1, -0.05) is 0 Å². The molecule has 4 nitrogen and oxygen atoms in total. The molecule has 0 saturated carbocycles. The summed E-state index contributed by atoms with van der Waals surface area (Å²) in [7, 11) is 11.1. The van der Waals surface area contributed by atoms with Gasteiger partial charge in [-0.15, -0.1) is 0 Å². The van der Waals surface area contributed by atoms with E-state index in [2.05, 4.69) is 5.32 Å². The number of guanidine groups is 1. The summed E-state index contributed by atoms with van der Waals surface area (Å²) in [5, 5.41) is 10.0. The molecular formula is C7H20N4. The minimum atomic E-state index is 0.519.